The Kier molecular flexibility index (Phi) is 8.94. The molecule has 4 amide bonds. The van der Waals surface area contributed by atoms with Crippen LogP contribution in [-0.2, 0) is 18.9 Å². The summed E-state index contributed by atoms with van der Waals surface area (Å²) in [7, 11) is -2.96. The minimum atomic E-state index is -4.63. The molecule has 0 bridgehead atoms. The smallest absolute Gasteiger partial charge is 0.335 e. The summed E-state index contributed by atoms with van der Waals surface area (Å²) < 4.78 is 11.8. The first kappa shape index (κ1) is 31.4. The number of likely N-dealkylation sites (N-methyl/N-ethyl adjacent to an activating group) is 1. The molecule has 0 radical (unpaired) electrons. The Morgan fingerprint density at radius 1 is 1.09 bits per heavy atom. The molecule has 44 heavy (non-hydrogen) atoms. The summed E-state index contributed by atoms with van der Waals surface area (Å²) in [5.74, 6) is -1.54. The Bertz CT molecular complexity index is 1620. The second-order valence-electron chi connectivity index (χ2n) is 11.3. The van der Waals surface area contributed by atoms with Gasteiger partial charge in [-0.3, -0.25) is 23.7 Å². The van der Waals surface area contributed by atoms with Gasteiger partial charge in [-0.05, 0) is 55.2 Å². The second-order valence-corrected chi connectivity index (χ2v) is 13.1. The molecule has 0 spiro atoms. The minimum Gasteiger partial charge on any atom is -0.395 e. The highest BCUT2D eigenvalue weighted by atomic mass is 31.2. The van der Waals surface area contributed by atoms with Crippen LogP contribution < -0.4 is 10.2 Å². The van der Waals surface area contributed by atoms with Gasteiger partial charge in [0.15, 0.2) is 0 Å². The maximum atomic E-state index is 14.1. The van der Waals surface area contributed by atoms with Crippen molar-refractivity contribution in [3.63, 3.8) is 0 Å². The Morgan fingerprint density at radius 3 is 2.48 bits per heavy atom. The van der Waals surface area contributed by atoms with Gasteiger partial charge < -0.3 is 39.9 Å². The van der Waals surface area contributed by atoms with Crippen molar-refractivity contribution in [3.8, 4) is 0 Å². The first-order valence-corrected chi connectivity index (χ1v) is 16.1. The Morgan fingerprint density at radius 2 is 1.82 bits per heavy atom. The van der Waals surface area contributed by atoms with Crippen LogP contribution in [0.15, 0.2) is 54.6 Å². The highest BCUT2D eigenvalue weighted by molar-refractivity contribution is 7.52. The van der Waals surface area contributed by atoms with E-state index in [4.69, 9.17) is 0 Å². The zero-order valence-electron chi connectivity index (χ0n) is 24.4. The Labute approximate surface area is 254 Å². The van der Waals surface area contributed by atoms with Crippen LogP contribution in [0, 0.1) is 0 Å². The number of para-hydroxylation sites is 1. The number of aliphatic hydroxyl groups excluding tert-OH is 1. The van der Waals surface area contributed by atoms with Gasteiger partial charge in [0.05, 0.1) is 6.61 Å². The molecule has 3 aromatic rings. The molecule has 14 heteroatoms. The number of anilines is 1. The number of H-pyrrole nitrogens is 1. The lowest BCUT2D eigenvalue weighted by Gasteiger charge is -2.39. The van der Waals surface area contributed by atoms with Crippen LogP contribution in [0.3, 0.4) is 0 Å². The van der Waals surface area contributed by atoms with Crippen LogP contribution in [0.25, 0.3) is 10.9 Å². The molecule has 2 fully saturated rings. The van der Waals surface area contributed by atoms with Gasteiger partial charge in [-0.2, -0.15) is 0 Å². The summed E-state index contributed by atoms with van der Waals surface area (Å²) in [5, 5.41) is 12.8. The van der Waals surface area contributed by atoms with Crippen molar-refractivity contribution in [2.75, 3.05) is 31.6 Å². The number of aliphatic hydroxyl groups is 1. The van der Waals surface area contributed by atoms with Crippen molar-refractivity contribution in [1.82, 2.24) is 20.1 Å². The topological polar surface area (TPSA) is 184 Å². The number of hydrogen-bond acceptors (Lipinski definition) is 6. The zero-order chi connectivity index (χ0) is 31.8. The normalized spacial score (nSPS) is 21.4. The van der Waals surface area contributed by atoms with Gasteiger partial charge in [-0.25, -0.2) is 0 Å². The lowest BCUT2D eigenvalue weighted by atomic mass is 10.1. The van der Waals surface area contributed by atoms with Gasteiger partial charge in [0, 0.05) is 49.7 Å². The molecule has 2 saturated heterocycles. The van der Waals surface area contributed by atoms with E-state index in [2.05, 4.69) is 10.3 Å². The summed E-state index contributed by atoms with van der Waals surface area (Å²) in [6, 6.07) is 13.0. The molecule has 5 rings (SSSR count). The highest BCUT2D eigenvalue weighted by Crippen LogP contribution is 2.51. The monoisotopic (exact) mass is 625 g/mol. The van der Waals surface area contributed by atoms with Crippen molar-refractivity contribution in [3.05, 3.63) is 65.9 Å². The molecule has 234 valence electrons. The van der Waals surface area contributed by atoms with E-state index >= 15 is 0 Å². The molecular weight excluding hydrogens is 589 g/mol. The van der Waals surface area contributed by atoms with Gasteiger partial charge in [0.1, 0.15) is 23.4 Å². The molecule has 3 heterocycles. The van der Waals surface area contributed by atoms with Crippen molar-refractivity contribution in [2.24, 2.45) is 0 Å². The molecule has 0 aliphatic carbocycles. The third-order valence-corrected chi connectivity index (χ3v) is 9.83. The number of rotatable bonds is 7. The van der Waals surface area contributed by atoms with Gasteiger partial charge in [0.25, 0.3) is 5.91 Å². The lowest BCUT2D eigenvalue weighted by Crippen LogP contribution is -2.61. The van der Waals surface area contributed by atoms with Crippen molar-refractivity contribution >= 4 is 47.8 Å². The maximum Gasteiger partial charge on any atom is 0.335 e. The first-order valence-electron chi connectivity index (χ1n) is 14.4. The number of nitrogens with one attached hydrogen (secondary N) is 2. The molecule has 4 atom stereocenters. The van der Waals surface area contributed by atoms with Gasteiger partial charge in [-0.1, -0.05) is 24.3 Å². The van der Waals surface area contributed by atoms with Crippen molar-refractivity contribution in [2.45, 2.75) is 50.0 Å². The number of amides is 4. The number of benzene rings is 2. The SMILES string of the molecule is CC(=O)N1CC[C@H]2CC[C@@H](C(=O)N(C)c3ccccc3)N2C(=O)[C@@H](NC(=O)c2cc3cc(C(CO)P(=O)(O)O)ccc3[nH]2)C1. The average molecular weight is 626 g/mol. The standard InChI is InChI=1S/C30H36N5O8P/c1-18(37)34-13-12-22-9-11-26(30(40)33(2)21-6-4-3-5-7-21)35(22)29(39)25(16-34)32-28(38)24-15-20-14-19(8-10-23(20)31-24)27(17-36)44(41,42)43/h3-8,10,14-15,22,25-27,31,36H,9,11-13,16-17H2,1-2H3,(H,32,38)(H2,41,42,43)/t22-,25+,26+,27?/m1/s1. The number of nitrogens with zero attached hydrogens (tertiary/aromatic N) is 3. The van der Waals surface area contributed by atoms with Crippen molar-refractivity contribution in [1.29, 1.82) is 0 Å². The van der Waals surface area contributed by atoms with Gasteiger partial charge in [-0.15, -0.1) is 0 Å². The maximum absolute atomic E-state index is 14.1. The van der Waals surface area contributed by atoms with E-state index in [-0.39, 0.29) is 35.7 Å². The third-order valence-electron chi connectivity index (χ3n) is 8.55. The second kappa shape index (κ2) is 12.5. The quantitative estimate of drug-likeness (QED) is 0.246. The first-order chi connectivity index (χ1) is 20.9. The number of aromatic nitrogens is 1. The van der Waals surface area contributed by atoms with Crippen LogP contribution in [0.5, 0.6) is 0 Å². The van der Waals surface area contributed by atoms with E-state index in [9.17, 15) is 38.6 Å². The number of aromatic amines is 1. The molecule has 2 aliphatic rings. The summed E-state index contributed by atoms with van der Waals surface area (Å²) in [5.41, 5.74) is 0.0931. The van der Waals surface area contributed by atoms with Crippen LogP contribution in [0.1, 0.15) is 47.9 Å². The molecular formula is C30H36N5O8P. The molecule has 0 saturated carbocycles. The van der Waals surface area contributed by atoms with Crippen LogP contribution in [0.4, 0.5) is 5.69 Å². The van der Waals surface area contributed by atoms with Gasteiger partial charge in [0.2, 0.25) is 17.7 Å². The number of hydrogen-bond donors (Lipinski definition) is 5. The van der Waals surface area contributed by atoms with E-state index < -0.39 is 43.8 Å². The summed E-state index contributed by atoms with van der Waals surface area (Å²) in [6.45, 7) is 0.951. The van der Waals surface area contributed by atoms with Crippen LogP contribution >= 0.6 is 7.60 Å². The largest absolute Gasteiger partial charge is 0.395 e. The number of fused-ring (bicyclic) bond motifs is 2. The number of carbonyl (C=O) groups excluding carboxylic acids is 4. The van der Waals surface area contributed by atoms with Crippen molar-refractivity contribution < 1.29 is 38.6 Å². The molecule has 5 N–H and O–H groups in total. The Balaban J connectivity index is 1.41. The van der Waals surface area contributed by atoms with Crippen LogP contribution in [0.2, 0.25) is 0 Å². The van der Waals surface area contributed by atoms with E-state index in [0.717, 1.165) is 0 Å². The highest BCUT2D eigenvalue weighted by Gasteiger charge is 2.46. The fourth-order valence-electron chi connectivity index (χ4n) is 6.14. The van der Waals surface area contributed by atoms with E-state index in [1.807, 2.05) is 30.3 Å². The van der Waals surface area contributed by atoms with E-state index in [1.165, 1.54) is 34.9 Å². The summed E-state index contributed by atoms with van der Waals surface area (Å²) >= 11 is 0. The summed E-state index contributed by atoms with van der Waals surface area (Å²) in [4.78, 5) is 80.5. The van der Waals surface area contributed by atoms with Gasteiger partial charge >= 0.3 is 7.60 Å². The Hall–Kier alpha value is -4.03. The van der Waals surface area contributed by atoms with Crippen LogP contribution in [-0.4, -0.2) is 98.2 Å². The van der Waals surface area contributed by atoms with E-state index in [1.54, 1.807) is 18.0 Å². The fourth-order valence-corrected chi connectivity index (χ4v) is 6.90. The lowest BCUT2D eigenvalue weighted by molar-refractivity contribution is -0.144. The summed E-state index contributed by atoms with van der Waals surface area (Å²) in [6.07, 6.45) is 1.56. The fraction of sp³-hybridized carbons (Fsp3) is 0.400. The molecule has 1 unspecified atom stereocenters. The zero-order valence-corrected chi connectivity index (χ0v) is 25.3. The molecule has 2 aliphatic heterocycles. The molecule has 1 aromatic heterocycles. The third kappa shape index (κ3) is 6.27. The molecule has 13 nitrogen and oxygen atoms in total. The predicted octanol–water partition coefficient (Wildman–Crippen LogP) is 1.75. The average Bonchev–Trinajstić information content (AvgIpc) is 3.61. The minimum absolute atomic E-state index is 0.0661. The van der Waals surface area contributed by atoms with E-state index in [0.29, 0.717) is 42.4 Å². The predicted molar refractivity (Wildman–Crippen MR) is 162 cm³/mol. The molecule has 2 aromatic carbocycles. The number of carbonyl (C=O) groups is 4.